The van der Waals surface area contributed by atoms with Crippen LogP contribution in [-0.4, -0.2) is 20.6 Å². The zero-order chi connectivity index (χ0) is 14.3. The number of benzene rings is 1. The number of carbonyl (C=O) groups is 1. The Morgan fingerprint density at radius 2 is 1.95 bits per heavy atom. The van der Waals surface area contributed by atoms with Gasteiger partial charge in [-0.2, -0.15) is 0 Å². The van der Waals surface area contributed by atoms with Crippen LogP contribution in [0.15, 0.2) is 24.3 Å². The number of sulfonamides is 1. The Morgan fingerprint density at radius 1 is 1.32 bits per heavy atom. The van der Waals surface area contributed by atoms with Crippen LogP contribution < -0.4 is 4.72 Å². The van der Waals surface area contributed by atoms with Crippen LogP contribution in [0.3, 0.4) is 0 Å². The molecule has 0 heterocycles. The molecule has 1 atom stereocenters. The molecule has 104 valence electrons. The maximum absolute atomic E-state index is 12.1. The molecule has 1 aromatic rings. The van der Waals surface area contributed by atoms with Crippen molar-refractivity contribution in [1.82, 2.24) is 4.72 Å². The van der Waals surface area contributed by atoms with E-state index in [9.17, 15) is 13.2 Å². The van der Waals surface area contributed by atoms with Gasteiger partial charge in [0.25, 0.3) is 0 Å². The Balaban J connectivity index is 2.38. The van der Waals surface area contributed by atoms with Crippen LogP contribution in [0.4, 0.5) is 0 Å². The monoisotopic (exact) mass is 281 g/mol. The SMILES string of the molecule is CC1(C)CCC(C(=O)NS(C)(=O)=O)c2ccccc21. The third kappa shape index (κ3) is 2.97. The molecule has 19 heavy (non-hydrogen) atoms. The third-order valence-electron chi connectivity index (χ3n) is 3.73. The molecule has 0 bridgehead atoms. The summed E-state index contributed by atoms with van der Waals surface area (Å²) >= 11 is 0. The van der Waals surface area contributed by atoms with Crippen molar-refractivity contribution >= 4 is 15.9 Å². The quantitative estimate of drug-likeness (QED) is 0.900. The summed E-state index contributed by atoms with van der Waals surface area (Å²) in [6.07, 6.45) is 2.54. The molecule has 0 spiro atoms. The lowest BCUT2D eigenvalue weighted by atomic mass is 9.68. The van der Waals surface area contributed by atoms with E-state index in [1.807, 2.05) is 24.3 Å². The van der Waals surface area contributed by atoms with Crippen molar-refractivity contribution in [3.05, 3.63) is 35.4 Å². The third-order valence-corrected chi connectivity index (χ3v) is 4.30. The van der Waals surface area contributed by atoms with Crippen molar-refractivity contribution in [1.29, 1.82) is 0 Å². The first-order valence-electron chi connectivity index (χ1n) is 6.32. The summed E-state index contributed by atoms with van der Waals surface area (Å²) < 4.78 is 24.5. The first-order chi connectivity index (χ1) is 8.71. The maximum atomic E-state index is 12.1. The van der Waals surface area contributed by atoms with Crippen LogP contribution >= 0.6 is 0 Å². The van der Waals surface area contributed by atoms with E-state index >= 15 is 0 Å². The lowest BCUT2D eigenvalue weighted by Crippen LogP contribution is -2.37. The summed E-state index contributed by atoms with van der Waals surface area (Å²) in [6.45, 7) is 4.30. The van der Waals surface area contributed by atoms with Crippen LogP contribution in [0.2, 0.25) is 0 Å². The molecule has 0 radical (unpaired) electrons. The van der Waals surface area contributed by atoms with E-state index in [1.54, 1.807) is 0 Å². The molecule has 1 aliphatic rings. The number of carbonyl (C=O) groups excluding carboxylic acids is 1. The van der Waals surface area contributed by atoms with Crippen molar-refractivity contribution in [2.45, 2.75) is 38.0 Å². The lowest BCUT2D eigenvalue weighted by Gasteiger charge is -2.36. The average Bonchev–Trinajstić information content (AvgIpc) is 2.26. The van der Waals surface area contributed by atoms with Crippen LogP contribution in [0.1, 0.15) is 43.7 Å². The van der Waals surface area contributed by atoms with Crippen LogP contribution in [0, 0.1) is 0 Å². The first-order valence-corrected chi connectivity index (χ1v) is 8.21. The summed E-state index contributed by atoms with van der Waals surface area (Å²) in [4.78, 5) is 12.1. The second-order valence-electron chi connectivity index (χ2n) is 5.80. The Hall–Kier alpha value is -1.36. The number of hydrogen-bond acceptors (Lipinski definition) is 3. The van der Waals surface area contributed by atoms with Crippen molar-refractivity contribution in [2.24, 2.45) is 0 Å². The van der Waals surface area contributed by atoms with Crippen molar-refractivity contribution in [2.75, 3.05) is 6.26 Å². The topological polar surface area (TPSA) is 63.2 Å². The number of fused-ring (bicyclic) bond motifs is 1. The molecule has 0 saturated carbocycles. The molecular formula is C14H19NO3S. The van der Waals surface area contributed by atoms with Crippen molar-refractivity contribution < 1.29 is 13.2 Å². The minimum atomic E-state index is -3.50. The largest absolute Gasteiger partial charge is 0.273 e. The fourth-order valence-corrected chi connectivity index (χ4v) is 3.25. The summed E-state index contributed by atoms with van der Waals surface area (Å²) in [7, 11) is -3.50. The molecule has 1 aliphatic carbocycles. The highest BCUT2D eigenvalue weighted by Crippen LogP contribution is 2.42. The van der Waals surface area contributed by atoms with Gasteiger partial charge in [0.15, 0.2) is 0 Å². The van der Waals surface area contributed by atoms with Gasteiger partial charge in [-0.3, -0.25) is 9.52 Å². The number of nitrogens with one attached hydrogen (secondary N) is 1. The Kier molecular flexibility index (Phi) is 3.43. The summed E-state index contributed by atoms with van der Waals surface area (Å²) in [6, 6.07) is 7.79. The second kappa shape index (κ2) is 4.63. The van der Waals surface area contributed by atoms with Gasteiger partial charge >= 0.3 is 0 Å². The van der Waals surface area contributed by atoms with Gasteiger partial charge < -0.3 is 0 Å². The molecule has 0 aliphatic heterocycles. The molecule has 4 nitrogen and oxygen atoms in total. The van der Waals surface area contributed by atoms with Crippen LogP contribution in [0.5, 0.6) is 0 Å². The minimum absolute atomic E-state index is 0.0263. The minimum Gasteiger partial charge on any atom is -0.273 e. The van der Waals surface area contributed by atoms with Gasteiger partial charge in [-0.25, -0.2) is 8.42 Å². The predicted molar refractivity (Wildman–Crippen MR) is 74.4 cm³/mol. The Bertz CT molecular complexity index is 605. The lowest BCUT2D eigenvalue weighted by molar-refractivity contribution is -0.121. The molecule has 0 saturated heterocycles. The van der Waals surface area contributed by atoms with E-state index in [4.69, 9.17) is 0 Å². The number of amides is 1. The number of hydrogen-bond donors (Lipinski definition) is 1. The molecule has 1 amide bonds. The molecule has 0 fully saturated rings. The maximum Gasteiger partial charge on any atom is 0.240 e. The zero-order valence-corrected chi connectivity index (χ0v) is 12.3. The van der Waals surface area contributed by atoms with E-state index in [0.717, 1.165) is 23.8 Å². The zero-order valence-electron chi connectivity index (χ0n) is 11.4. The molecule has 5 heteroatoms. The van der Waals surface area contributed by atoms with E-state index in [2.05, 4.69) is 18.6 Å². The van der Waals surface area contributed by atoms with Crippen LogP contribution in [0.25, 0.3) is 0 Å². The average molecular weight is 281 g/mol. The van der Waals surface area contributed by atoms with Gasteiger partial charge in [0, 0.05) is 0 Å². The molecule has 1 N–H and O–H groups in total. The molecule has 0 aromatic heterocycles. The van der Waals surface area contributed by atoms with Crippen molar-refractivity contribution in [3.63, 3.8) is 0 Å². The summed E-state index contributed by atoms with van der Waals surface area (Å²) in [5.74, 6) is -0.801. The first kappa shape index (κ1) is 14.1. The van der Waals surface area contributed by atoms with Gasteiger partial charge in [-0.05, 0) is 29.4 Å². The van der Waals surface area contributed by atoms with E-state index in [0.29, 0.717) is 6.42 Å². The second-order valence-corrected chi connectivity index (χ2v) is 7.55. The fraction of sp³-hybridized carbons (Fsp3) is 0.500. The normalized spacial score (nSPS) is 21.5. The highest BCUT2D eigenvalue weighted by molar-refractivity contribution is 7.89. The number of rotatable bonds is 2. The molecule has 1 unspecified atom stereocenters. The van der Waals surface area contributed by atoms with Gasteiger partial charge in [-0.1, -0.05) is 38.1 Å². The highest BCUT2D eigenvalue weighted by atomic mass is 32.2. The van der Waals surface area contributed by atoms with Gasteiger partial charge in [0.05, 0.1) is 12.2 Å². The highest BCUT2D eigenvalue weighted by Gasteiger charge is 2.36. The fourth-order valence-electron chi connectivity index (χ4n) is 2.74. The molecule has 1 aromatic carbocycles. The van der Waals surface area contributed by atoms with E-state index in [-0.39, 0.29) is 11.3 Å². The van der Waals surface area contributed by atoms with E-state index in [1.165, 1.54) is 0 Å². The smallest absolute Gasteiger partial charge is 0.240 e. The standard InChI is InChI=1S/C14H19NO3S/c1-14(2)9-8-11(13(16)15-19(3,17)18)10-6-4-5-7-12(10)14/h4-7,11H,8-9H2,1-3H3,(H,15,16). The summed E-state index contributed by atoms with van der Waals surface area (Å²) in [5, 5.41) is 0. The molecule has 2 rings (SSSR count). The van der Waals surface area contributed by atoms with Gasteiger partial charge in [-0.15, -0.1) is 0 Å². The van der Waals surface area contributed by atoms with Crippen molar-refractivity contribution in [3.8, 4) is 0 Å². The predicted octanol–water partition coefficient (Wildman–Crippen LogP) is 1.92. The van der Waals surface area contributed by atoms with Crippen LogP contribution in [-0.2, 0) is 20.2 Å². The Morgan fingerprint density at radius 3 is 2.58 bits per heavy atom. The Labute approximate surface area is 114 Å². The van der Waals surface area contributed by atoms with Gasteiger partial charge in [0.1, 0.15) is 0 Å². The molecular weight excluding hydrogens is 262 g/mol. The summed E-state index contributed by atoms with van der Waals surface area (Å²) in [5.41, 5.74) is 2.10. The van der Waals surface area contributed by atoms with Gasteiger partial charge in [0.2, 0.25) is 15.9 Å². The van der Waals surface area contributed by atoms with E-state index < -0.39 is 15.9 Å².